The summed E-state index contributed by atoms with van der Waals surface area (Å²) < 4.78 is 5.66. The Morgan fingerprint density at radius 3 is 2.82 bits per heavy atom. The first kappa shape index (κ1) is 22.1. The van der Waals surface area contributed by atoms with Gasteiger partial charge in [-0.3, -0.25) is 19.3 Å². The molecule has 5 rings (SSSR count). The van der Waals surface area contributed by atoms with Crippen LogP contribution in [0.4, 0.5) is 5.69 Å². The highest BCUT2D eigenvalue weighted by Crippen LogP contribution is 2.35. The Balaban J connectivity index is 1.33. The third kappa shape index (κ3) is 4.29. The van der Waals surface area contributed by atoms with Crippen molar-refractivity contribution in [3.8, 4) is 0 Å². The number of anilines is 1. The molecule has 2 atom stereocenters. The van der Waals surface area contributed by atoms with E-state index in [4.69, 9.17) is 4.74 Å². The van der Waals surface area contributed by atoms with E-state index in [1.165, 1.54) is 4.90 Å². The molecule has 4 heterocycles. The number of carbonyl (C=O) groups excluding carboxylic acids is 3. The van der Waals surface area contributed by atoms with Crippen LogP contribution < -0.4 is 4.90 Å². The van der Waals surface area contributed by atoms with Gasteiger partial charge in [-0.25, -0.2) is 0 Å². The maximum absolute atomic E-state index is 13.3. The van der Waals surface area contributed by atoms with Gasteiger partial charge in [-0.15, -0.1) is 0 Å². The van der Waals surface area contributed by atoms with Gasteiger partial charge in [0.05, 0.1) is 35.4 Å². The summed E-state index contributed by atoms with van der Waals surface area (Å²) >= 11 is 1.63. The molecule has 2 unspecified atom stereocenters. The lowest BCUT2D eigenvalue weighted by molar-refractivity contribution is -0.135. The molecule has 0 radical (unpaired) electrons. The molecule has 2 fully saturated rings. The average molecular weight is 468 g/mol. The second-order valence-corrected chi connectivity index (χ2v) is 9.95. The number of piperidine rings is 1. The minimum atomic E-state index is -0.246. The van der Waals surface area contributed by atoms with Crippen LogP contribution in [0, 0.1) is 5.92 Å². The van der Waals surface area contributed by atoms with E-state index in [1.807, 2.05) is 30.6 Å². The third-order valence-corrected chi connectivity index (χ3v) is 7.61. The first-order chi connectivity index (χ1) is 16.0. The van der Waals surface area contributed by atoms with Gasteiger partial charge in [-0.2, -0.15) is 11.3 Å². The lowest BCUT2D eigenvalue weighted by Crippen LogP contribution is -2.44. The molecule has 33 heavy (non-hydrogen) atoms. The molecule has 3 aliphatic rings. The quantitative estimate of drug-likeness (QED) is 0.609. The number of fused-ring (bicyclic) bond motifs is 1. The fraction of sp³-hybridized carbons (Fsp3) is 0.480. The van der Waals surface area contributed by atoms with Crippen LogP contribution in [0.2, 0.25) is 0 Å². The van der Waals surface area contributed by atoms with E-state index < -0.39 is 0 Å². The normalized spacial score (nSPS) is 22.7. The summed E-state index contributed by atoms with van der Waals surface area (Å²) in [5.74, 6) is -0.495. The molecule has 1 aromatic carbocycles. The van der Waals surface area contributed by atoms with Crippen LogP contribution in [0.25, 0.3) is 0 Å². The summed E-state index contributed by atoms with van der Waals surface area (Å²) in [4.78, 5) is 44.7. The first-order valence-electron chi connectivity index (χ1n) is 11.6. The molecule has 0 aliphatic carbocycles. The maximum Gasteiger partial charge on any atom is 0.263 e. The van der Waals surface area contributed by atoms with Gasteiger partial charge in [0, 0.05) is 33.3 Å². The number of nitrogens with zero attached hydrogens (tertiary/aromatic N) is 3. The van der Waals surface area contributed by atoms with Gasteiger partial charge in [0.1, 0.15) is 0 Å². The van der Waals surface area contributed by atoms with Gasteiger partial charge in [-0.05, 0) is 60.2 Å². The van der Waals surface area contributed by atoms with Crippen LogP contribution in [0.5, 0.6) is 0 Å². The van der Waals surface area contributed by atoms with Crippen molar-refractivity contribution in [3.63, 3.8) is 0 Å². The molecule has 2 aromatic rings. The number of ether oxygens (including phenoxy) is 1. The van der Waals surface area contributed by atoms with Gasteiger partial charge in [0.15, 0.2) is 0 Å². The number of benzene rings is 1. The van der Waals surface area contributed by atoms with Crippen LogP contribution in [0.1, 0.15) is 52.0 Å². The van der Waals surface area contributed by atoms with E-state index in [0.29, 0.717) is 37.4 Å². The molecule has 0 saturated carbocycles. The number of rotatable bonds is 6. The number of hydrogen-bond acceptors (Lipinski definition) is 6. The Hall–Kier alpha value is -2.71. The van der Waals surface area contributed by atoms with Crippen molar-refractivity contribution >= 4 is 34.7 Å². The van der Waals surface area contributed by atoms with Crippen molar-refractivity contribution in [2.75, 3.05) is 38.2 Å². The zero-order valence-corrected chi connectivity index (χ0v) is 19.7. The molecule has 7 nitrogen and oxygen atoms in total. The number of thiophene rings is 1. The summed E-state index contributed by atoms with van der Waals surface area (Å²) in [7, 11) is 1.85. The number of hydrogen-bond donors (Lipinski definition) is 0. The van der Waals surface area contributed by atoms with Gasteiger partial charge in [0.25, 0.3) is 11.8 Å². The number of amides is 3. The van der Waals surface area contributed by atoms with E-state index in [1.54, 1.807) is 22.3 Å². The van der Waals surface area contributed by atoms with Gasteiger partial charge < -0.3 is 14.5 Å². The molecular formula is C25H29N3O4S. The average Bonchev–Trinajstić information content (AvgIpc) is 3.59. The van der Waals surface area contributed by atoms with Crippen LogP contribution in [-0.2, 0) is 16.1 Å². The zero-order chi connectivity index (χ0) is 22.9. The molecule has 3 amide bonds. The van der Waals surface area contributed by atoms with E-state index in [-0.39, 0.29) is 29.7 Å². The monoisotopic (exact) mass is 467 g/mol. The molecular weight excluding hydrogens is 438 g/mol. The Kier molecular flexibility index (Phi) is 6.21. The second-order valence-electron chi connectivity index (χ2n) is 9.17. The predicted molar refractivity (Wildman–Crippen MR) is 127 cm³/mol. The van der Waals surface area contributed by atoms with E-state index >= 15 is 0 Å². The smallest absolute Gasteiger partial charge is 0.263 e. The Labute approximate surface area is 197 Å². The van der Waals surface area contributed by atoms with E-state index in [0.717, 1.165) is 43.5 Å². The zero-order valence-electron chi connectivity index (χ0n) is 18.9. The Morgan fingerprint density at radius 1 is 1.18 bits per heavy atom. The molecule has 0 bridgehead atoms. The number of carbonyl (C=O) groups is 3. The van der Waals surface area contributed by atoms with Crippen LogP contribution in [-0.4, -0.2) is 66.9 Å². The van der Waals surface area contributed by atoms with E-state index in [2.05, 4.69) is 10.3 Å². The summed E-state index contributed by atoms with van der Waals surface area (Å²) in [6, 6.07) is 7.51. The first-order valence-corrected chi connectivity index (χ1v) is 12.6. The molecule has 3 aliphatic heterocycles. The maximum atomic E-state index is 13.3. The van der Waals surface area contributed by atoms with Crippen molar-refractivity contribution in [1.82, 2.24) is 9.80 Å². The molecule has 1 aromatic heterocycles. The van der Waals surface area contributed by atoms with Crippen molar-refractivity contribution in [2.45, 2.75) is 38.3 Å². The third-order valence-electron chi connectivity index (χ3n) is 6.87. The second kappa shape index (κ2) is 9.27. The van der Waals surface area contributed by atoms with Crippen molar-refractivity contribution in [1.29, 1.82) is 0 Å². The van der Waals surface area contributed by atoms with Crippen molar-refractivity contribution in [3.05, 3.63) is 51.7 Å². The Bertz CT molecular complexity index is 1050. The lowest BCUT2D eigenvalue weighted by atomic mass is 9.95. The SMILES string of the molecule is CN(Cc1ccsc1)C(=O)C1CCCN(c2cccc3c2C(=O)N(CC2CCCO2)C3=O)C1. The van der Waals surface area contributed by atoms with Crippen LogP contribution in [0.3, 0.4) is 0 Å². The molecule has 0 N–H and O–H groups in total. The van der Waals surface area contributed by atoms with Crippen molar-refractivity contribution in [2.24, 2.45) is 5.92 Å². The van der Waals surface area contributed by atoms with Crippen LogP contribution >= 0.6 is 11.3 Å². The fourth-order valence-electron chi connectivity index (χ4n) is 5.18. The minimum absolute atomic E-state index is 0.0774. The fourth-order valence-corrected chi connectivity index (χ4v) is 5.84. The lowest BCUT2D eigenvalue weighted by Gasteiger charge is -2.36. The summed E-state index contributed by atoms with van der Waals surface area (Å²) in [6.45, 7) is 2.91. The number of imide groups is 1. The standard InChI is InChI=1S/C25H29N3O4S/c1-26(13-17-9-12-33-16-17)23(29)18-5-3-10-27(14-18)21-8-2-7-20-22(21)25(31)28(24(20)30)15-19-6-4-11-32-19/h2,7-9,12,16,18-19H,3-6,10-11,13-15H2,1H3. The summed E-state index contributed by atoms with van der Waals surface area (Å²) in [6.07, 6.45) is 3.45. The highest BCUT2D eigenvalue weighted by atomic mass is 32.1. The van der Waals surface area contributed by atoms with Crippen LogP contribution in [0.15, 0.2) is 35.0 Å². The highest BCUT2D eigenvalue weighted by molar-refractivity contribution is 7.07. The van der Waals surface area contributed by atoms with Gasteiger partial charge >= 0.3 is 0 Å². The summed E-state index contributed by atoms with van der Waals surface area (Å²) in [5.41, 5.74) is 2.83. The minimum Gasteiger partial charge on any atom is -0.376 e. The van der Waals surface area contributed by atoms with Crippen molar-refractivity contribution < 1.29 is 19.1 Å². The van der Waals surface area contributed by atoms with E-state index in [9.17, 15) is 14.4 Å². The predicted octanol–water partition coefficient (Wildman–Crippen LogP) is 3.40. The Morgan fingerprint density at radius 2 is 2.06 bits per heavy atom. The molecule has 8 heteroatoms. The van der Waals surface area contributed by atoms with Gasteiger partial charge in [-0.1, -0.05) is 6.07 Å². The summed E-state index contributed by atoms with van der Waals surface area (Å²) in [5, 5.41) is 4.08. The largest absolute Gasteiger partial charge is 0.376 e. The molecule has 0 spiro atoms. The highest BCUT2D eigenvalue weighted by Gasteiger charge is 2.41. The molecule has 2 saturated heterocycles. The van der Waals surface area contributed by atoms with Gasteiger partial charge in [0.2, 0.25) is 5.91 Å². The topological polar surface area (TPSA) is 70.2 Å². The molecule has 174 valence electrons.